The van der Waals surface area contributed by atoms with E-state index in [4.69, 9.17) is 19.9 Å². The first-order valence-electron chi connectivity index (χ1n) is 15.0. The van der Waals surface area contributed by atoms with Gasteiger partial charge in [-0.2, -0.15) is 0 Å². The van der Waals surface area contributed by atoms with Gasteiger partial charge < -0.3 is 24.7 Å². The number of amides is 2. The molecule has 0 bridgehead atoms. The van der Waals surface area contributed by atoms with Crippen molar-refractivity contribution in [2.24, 2.45) is 0 Å². The van der Waals surface area contributed by atoms with Gasteiger partial charge >= 0.3 is 12.1 Å². The molecule has 0 unspecified atom stereocenters. The number of ether oxygens (including phenoxy) is 2. The van der Waals surface area contributed by atoms with E-state index in [0.717, 1.165) is 11.2 Å². The predicted octanol–water partition coefficient (Wildman–Crippen LogP) is 5.62. The van der Waals surface area contributed by atoms with Gasteiger partial charge in [0.25, 0.3) is 5.91 Å². The molecule has 0 fully saturated rings. The van der Waals surface area contributed by atoms with Crippen LogP contribution in [0.2, 0.25) is 0 Å². The van der Waals surface area contributed by atoms with Gasteiger partial charge in [-0.1, -0.05) is 24.3 Å². The fourth-order valence-corrected chi connectivity index (χ4v) is 4.87. The Morgan fingerprint density at radius 3 is 2.38 bits per heavy atom. The summed E-state index contributed by atoms with van der Waals surface area (Å²) in [5.41, 5.74) is 4.07. The quantitative estimate of drug-likeness (QED) is 0.0963. The molecule has 47 heavy (non-hydrogen) atoms. The van der Waals surface area contributed by atoms with Crippen LogP contribution in [-0.4, -0.2) is 59.0 Å². The average Bonchev–Trinajstić information content (AvgIpc) is 3.50. The smallest absolute Gasteiger partial charge is 0.420 e. The maximum atomic E-state index is 13.3. The third-order valence-corrected chi connectivity index (χ3v) is 7.35. The zero-order chi connectivity index (χ0) is 33.3. The van der Waals surface area contributed by atoms with Crippen LogP contribution in [-0.2, 0) is 16.1 Å². The molecule has 0 spiro atoms. The van der Waals surface area contributed by atoms with Crippen LogP contribution >= 0.6 is 0 Å². The molecule has 2 aromatic heterocycles. The summed E-state index contributed by atoms with van der Waals surface area (Å²) in [5.74, 6) is 0.644. The van der Waals surface area contributed by atoms with Crippen molar-refractivity contribution in [3.63, 3.8) is 0 Å². The van der Waals surface area contributed by atoms with Crippen molar-refractivity contribution in [3.8, 4) is 5.75 Å². The van der Waals surface area contributed by atoms with Gasteiger partial charge in [0.1, 0.15) is 23.2 Å². The molecule has 12 nitrogen and oxygen atoms in total. The van der Waals surface area contributed by atoms with E-state index < -0.39 is 12.1 Å². The lowest BCUT2D eigenvalue weighted by Crippen LogP contribution is -2.36. The third-order valence-electron chi connectivity index (χ3n) is 7.35. The van der Waals surface area contributed by atoms with Crippen molar-refractivity contribution in [3.05, 3.63) is 114 Å². The van der Waals surface area contributed by atoms with Crippen LogP contribution < -0.4 is 19.9 Å². The van der Waals surface area contributed by atoms with Crippen molar-refractivity contribution in [1.82, 2.24) is 20.3 Å². The van der Waals surface area contributed by atoms with Gasteiger partial charge in [0.2, 0.25) is 0 Å². The van der Waals surface area contributed by atoms with Crippen LogP contribution in [0.3, 0.4) is 0 Å². The second kappa shape index (κ2) is 14.8. The molecule has 3 aromatic carbocycles. The third kappa shape index (κ3) is 7.98. The van der Waals surface area contributed by atoms with Crippen molar-refractivity contribution in [2.75, 3.05) is 30.0 Å². The number of nitrogens with one attached hydrogen (secondary N) is 3. The van der Waals surface area contributed by atoms with Gasteiger partial charge in [-0.05, 0) is 74.5 Å². The molecule has 240 valence electrons. The van der Waals surface area contributed by atoms with Gasteiger partial charge in [-0.3, -0.25) is 19.9 Å². The Morgan fingerprint density at radius 1 is 0.936 bits per heavy atom. The number of aromatic nitrogens is 3. The fourth-order valence-electron chi connectivity index (χ4n) is 4.87. The van der Waals surface area contributed by atoms with E-state index in [1.54, 1.807) is 79.9 Å². The molecule has 0 saturated heterocycles. The van der Waals surface area contributed by atoms with E-state index in [1.807, 2.05) is 37.1 Å². The summed E-state index contributed by atoms with van der Waals surface area (Å²) in [5, 5.41) is 10.9. The Labute approximate surface area is 271 Å². The number of amidine groups is 1. The number of aryl methyl sites for hydroxylation is 1. The largest absolute Gasteiger partial charge is 0.466 e. The van der Waals surface area contributed by atoms with Gasteiger partial charge in [0.05, 0.1) is 30.6 Å². The average molecular weight is 634 g/mol. The van der Waals surface area contributed by atoms with Crippen molar-refractivity contribution < 1.29 is 23.9 Å². The van der Waals surface area contributed by atoms with E-state index in [9.17, 15) is 14.4 Å². The van der Waals surface area contributed by atoms with Gasteiger partial charge in [-0.25, -0.2) is 14.8 Å². The Balaban J connectivity index is 1.25. The van der Waals surface area contributed by atoms with Crippen LogP contribution in [0, 0.1) is 12.3 Å². The zero-order valence-electron chi connectivity index (χ0n) is 26.3. The lowest BCUT2D eigenvalue weighted by Gasteiger charge is -2.21. The molecule has 2 amide bonds. The minimum atomic E-state index is -0.679. The number of hydrogen-bond donors (Lipinski definition) is 3. The molecule has 3 N–H and O–H groups in total. The molecule has 0 aliphatic rings. The molecular formula is C35H35N7O5. The Kier molecular flexibility index (Phi) is 10.2. The highest BCUT2D eigenvalue weighted by Crippen LogP contribution is 2.28. The number of carbonyl (C=O) groups excluding carboxylic acids is 3. The fraction of sp³-hybridized carbons (Fsp3) is 0.200. The summed E-state index contributed by atoms with van der Waals surface area (Å²) in [7, 11) is 1.92. The first-order chi connectivity index (χ1) is 22.7. The summed E-state index contributed by atoms with van der Waals surface area (Å²) in [4.78, 5) is 53.4. The molecule has 0 aliphatic heterocycles. The summed E-state index contributed by atoms with van der Waals surface area (Å²) >= 11 is 0. The summed E-state index contributed by atoms with van der Waals surface area (Å²) < 4.78 is 10.8. The number of pyridine rings is 1. The molecule has 2 heterocycles. The first-order valence-corrected chi connectivity index (χ1v) is 15.0. The first kappa shape index (κ1) is 32.4. The molecule has 0 aliphatic carbocycles. The lowest BCUT2D eigenvalue weighted by molar-refractivity contribution is -0.142. The highest BCUT2D eigenvalue weighted by atomic mass is 16.6. The van der Waals surface area contributed by atoms with E-state index >= 15 is 0 Å². The lowest BCUT2D eigenvalue weighted by atomic mass is 10.1. The maximum Gasteiger partial charge on any atom is 0.420 e. The number of rotatable bonds is 11. The van der Waals surface area contributed by atoms with E-state index in [1.165, 1.54) is 4.90 Å². The summed E-state index contributed by atoms with van der Waals surface area (Å²) in [6.45, 7) is 4.29. The van der Waals surface area contributed by atoms with Crippen LogP contribution in [0.5, 0.6) is 5.75 Å². The normalized spacial score (nSPS) is 10.7. The van der Waals surface area contributed by atoms with Gasteiger partial charge in [0.15, 0.2) is 0 Å². The van der Waals surface area contributed by atoms with Crippen LogP contribution in [0.25, 0.3) is 11.0 Å². The zero-order valence-corrected chi connectivity index (χ0v) is 26.3. The summed E-state index contributed by atoms with van der Waals surface area (Å²) in [6, 6.07) is 24.7. The molecule has 12 heteroatoms. The van der Waals surface area contributed by atoms with Crippen molar-refractivity contribution in [1.29, 1.82) is 5.41 Å². The number of fused-ring (bicyclic) bond motifs is 1. The highest BCUT2D eigenvalue weighted by Gasteiger charge is 2.22. The van der Waals surface area contributed by atoms with Gasteiger partial charge in [-0.15, -0.1) is 0 Å². The van der Waals surface area contributed by atoms with Crippen LogP contribution in [0.4, 0.5) is 16.3 Å². The maximum absolute atomic E-state index is 13.3. The Hall–Kier alpha value is -6.04. The standard InChI is InChI=1S/C35H35N7O5/c1-4-46-31(43)19-21-42(30-12-8-9-20-37-30)35(45)47-28-18-17-27-32(23(28)2)39-29(38-27)22-41(3)26-15-13-24(14-16-26)33(36)40-34(44)25-10-6-5-7-11-25/h5-18,20H,4,19,21-22H2,1-3H3,(H,38,39)(H2,36,40,44). The number of esters is 1. The summed E-state index contributed by atoms with van der Waals surface area (Å²) in [6.07, 6.45) is 0.872. The number of nitrogens with zero attached hydrogens (tertiary/aromatic N) is 4. The van der Waals surface area contributed by atoms with Crippen LogP contribution in [0.1, 0.15) is 40.7 Å². The Morgan fingerprint density at radius 2 is 1.68 bits per heavy atom. The molecule has 5 rings (SSSR count). The topological polar surface area (TPSA) is 154 Å². The SMILES string of the molecule is CCOC(=O)CCN(C(=O)Oc1ccc2[nH]c(CN(C)c3ccc(C(=N)NC(=O)c4ccccc4)cc3)nc2c1C)c1ccccn1. The minimum absolute atomic E-state index is 0.0101. The van der Waals surface area contributed by atoms with Crippen LogP contribution in [0.15, 0.2) is 91.1 Å². The monoisotopic (exact) mass is 633 g/mol. The molecule has 0 saturated carbocycles. The predicted molar refractivity (Wildman–Crippen MR) is 179 cm³/mol. The second-order valence-electron chi connectivity index (χ2n) is 10.6. The van der Waals surface area contributed by atoms with E-state index in [-0.39, 0.29) is 31.3 Å². The number of anilines is 2. The number of carbonyl (C=O) groups is 3. The number of hydrogen-bond acceptors (Lipinski definition) is 9. The number of benzene rings is 3. The number of imidazole rings is 1. The molecule has 0 atom stereocenters. The number of aromatic amines is 1. The Bertz CT molecular complexity index is 1880. The highest BCUT2D eigenvalue weighted by molar-refractivity contribution is 6.11. The second-order valence-corrected chi connectivity index (χ2v) is 10.6. The van der Waals surface area contributed by atoms with Crippen molar-refractivity contribution >= 4 is 46.3 Å². The van der Waals surface area contributed by atoms with Gasteiger partial charge in [0, 0.05) is 42.2 Å². The van der Waals surface area contributed by atoms with E-state index in [2.05, 4.69) is 15.3 Å². The minimum Gasteiger partial charge on any atom is -0.466 e. The number of H-pyrrole nitrogens is 1. The van der Waals surface area contributed by atoms with Crippen molar-refractivity contribution in [2.45, 2.75) is 26.8 Å². The molecular weight excluding hydrogens is 598 g/mol. The molecule has 0 radical (unpaired) electrons. The molecule has 5 aromatic rings. The van der Waals surface area contributed by atoms with E-state index in [0.29, 0.717) is 46.1 Å².